The maximum Gasteiger partial charge on any atom is 0.185 e. The van der Waals surface area contributed by atoms with Crippen molar-refractivity contribution in [2.75, 3.05) is 20.3 Å². The molecule has 1 saturated heterocycles. The number of aliphatic hydroxyl groups is 2. The topological polar surface area (TPSA) is 77.4 Å². The van der Waals surface area contributed by atoms with Gasteiger partial charge in [-0.2, -0.15) is 0 Å². The van der Waals surface area contributed by atoms with Crippen molar-refractivity contribution in [3.05, 3.63) is 35.9 Å². The van der Waals surface area contributed by atoms with Gasteiger partial charge in [0.15, 0.2) is 12.6 Å². The summed E-state index contributed by atoms with van der Waals surface area (Å²) in [5.41, 5.74) is 0.946. The lowest BCUT2D eigenvalue weighted by Crippen LogP contribution is -2.46. The molecule has 0 bridgehead atoms. The Balaban J connectivity index is 1.92. The molecule has 2 N–H and O–H groups in total. The molecular formula is C15H22O6. The normalized spacial score (nSPS) is 29.0. The molecule has 0 amide bonds. The van der Waals surface area contributed by atoms with Crippen LogP contribution in [0, 0.1) is 0 Å². The van der Waals surface area contributed by atoms with Crippen molar-refractivity contribution in [3.63, 3.8) is 0 Å². The minimum Gasteiger partial charge on any atom is -0.393 e. The zero-order chi connectivity index (χ0) is 15.2. The zero-order valence-electron chi connectivity index (χ0n) is 12.2. The maximum atomic E-state index is 9.58. The fraction of sp³-hybridized carbons (Fsp3) is 0.600. The summed E-state index contributed by atoms with van der Waals surface area (Å²) in [5, 5.41) is 18.5. The molecule has 2 unspecified atom stereocenters. The number of hydrogen-bond acceptors (Lipinski definition) is 6. The van der Waals surface area contributed by atoms with E-state index in [-0.39, 0.29) is 12.2 Å². The Bertz CT molecular complexity index is 412. The smallest absolute Gasteiger partial charge is 0.185 e. The van der Waals surface area contributed by atoms with E-state index in [9.17, 15) is 5.11 Å². The van der Waals surface area contributed by atoms with Gasteiger partial charge in [0, 0.05) is 12.7 Å². The van der Waals surface area contributed by atoms with Gasteiger partial charge in [-0.25, -0.2) is 0 Å². The molecule has 0 spiro atoms. The van der Waals surface area contributed by atoms with Crippen LogP contribution in [0.3, 0.4) is 0 Å². The number of rotatable bonds is 6. The van der Waals surface area contributed by atoms with Crippen molar-refractivity contribution in [2.24, 2.45) is 0 Å². The van der Waals surface area contributed by atoms with Gasteiger partial charge in [0.2, 0.25) is 0 Å². The van der Waals surface area contributed by atoms with Crippen LogP contribution in [-0.2, 0) is 18.9 Å². The first-order valence-corrected chi connectivity index (χ1v) is 6.95. The van der Waals surface area contributed by atoms with Crippen LogP contribution in [0.5, 0.6) is 0 Å². The quantitative estimate of drug-likeness (QED) is 0.758. The molecule has 1 heterocycles. The van der Waals surface area contributed by atoms with Crippen LogP contribution in [0.25, 0.3) is 0 Å². The first kappa shape index (κ1) is 16.4. The average molecular weight is 298 g/mol. The maximum absolute atomic E-state index is 9.58. The third kappa shape index (κ3) is 4.23. The lowest BCUT2D eigenvalue weighted by Gasteiger charge is -2.36. The molecule has 0 aliphatic carbocycles. The minimum atomic E-state index is -1.10. The molecule has 0 radical (unpaired) electrons. The molecule has 1 aromatic rings. The predicted molar refractivity (Wildman–Crippen MR) is 74.4 cm³/mol. The van der Waals surface area contributed by atoms with E-state index in [4.69, 9.17) is 24.1 Å². The summed E-state index contributed by atoms with van der Waals surface area (Å²) in [6, 6.07) is 9.65. The van der Waals surface area contributed by atoms with Gasteiger partial charge in [0.1, 0.15) is 12.2 Å². The van der Waals surface area contributed by atoms with Crippen LogP contribution in [0.4, 0.5) is 0 Å². The third-order valence-corrected chi connectivity index (χ3v) is 3.39. The van der Waals surface area contributed by atoms with Gasteiger partial charge in [0.05, 0.1) is 19.3 Å². The Labute approximate surface area is 124 Å². The van der Waals surface area contributed by atoms with E-state index < -0.39 is 25.3 Å². The SMILES string of the molecule is CO[C@@H](OC1COC(c2ccccc2)O[C@H]1C)[C@@H](O)CO. The van der Waals surface area contributed by atoms with Gasteiger partial charge >= 0.3 is 0 Å². The van der Waals surface area contributed by atoms with Crippen molar-refractivity contribution in [1.82, 2.24) is 0 Å². The zero-order valence-corrected chi connectivity index (χ0v) is 12.2. The second-order valence-electron chi connectivity index (χ2n) is 4.95. The first-order chi connectivity index (χ1) is 10.2. The number of benzene rings is 1. The Kier molecular flexibility index (Phi) is 6.10. The van der Waals surface area contributed by atoms with E-state index in [0.29, 0.717) is 6.61 Å². The van der Waals surface area contributed by atoms with Crippen molar-refractivity contribution < 1.29 is 29.2 Å². The van der Waals surface area contributed by atoms with Crippen LogP contribution in [0.1, 0.15) is 18.8 Å². The van der Waals surface area contributed by atoms with E-state index in [1.807, 2.05) is 37.3 Å². The van der Waals surface area contributed by atoms with Crippen LogP contribution in [0.2, 0.25) is 0 Å². The lowest BCUT2D eigenvalue weighted by molar-refractivity contribution is -0.300. The Morgan fingerprint density at radius 1 is 1.33 bits per heavy atom. The largest absolute Gasteiger partial charge is 0.393 e. The third-order valence-electron chi connectivity index (χ3n) is 3.39. The fourth-order valence-electron chi connectivity index (χ4n) is 2.14. The molecule has 1 aliphatic heterocycles. The second kappa shape index (κ2) is 7.84. The van der Waals surface area contributed by atoms with Gasteiger partial charge in [-0.05, 0) is 6.92 Å². The number of aliphatic hydroxyl groups excluding tert-OH is 2. The van der Waals surface area contributed by atoms with Crippen molar-refractivity contribution in [3.8, 4) is 0 Å². The molecule has 1 fully saturated rings. The Morgan fingerprint density at radius 2 is 2.05 bits per heavy atom. The molecular weight excluding hydrogens is 276 g/mol. The second-order valence-corrected chi connectivity index (χ2v) is 4.95. The van der Waals surface area contributed by atoms with E-state index in [2.05, 4.69) is 0 Å². The van der Waals surface area contributed by atoms with Crippen LogP contribution >= 0.6 is 0 Å². The van der Waals surface area contributed by atoms with E-state index >= 15 is 0 Å². The molecule has 21 heavy (non-hydrogen) atoms. The molecule has 1 aromatic carbocycles. The van der Waals surface area contributed by atoms with Crippen LogP contribution < -0.4 is 0 Å². The van der Waals surface area contributed by atoms with E-state index in [1.165, 1.54) is 7.11 Å². The number of hydrogen-bond donors (Lipinski definition) is 2. The molecule has 118 valence electrons. The first-order valence-electron chi connectivity index (χ1n) is 6.95. The van der Waals surface area contributed by atoms with Crippen LogP contribution in [-0.4, -0.2) is 55.1 Å². The fourth-order valence-corrected chi connectivity index (χ4v) is 2.14. The molecule has 5 atom stereocenters. The van der Waals surface area contributed by atoms with Gasteiger partial charge < -0.3 is 29.2 Å². The summed E-state index contributed by atoms with van der Waals surface area (Å²) in [6.45, 7) is 1.76. The van der Waals surface area contributed by atoms with Crippen molar-refractivity contribution >= 4 is 0 Å². The summed E-state index contributed by atoms with van der Waals surface area (Å²) < 4.78 is 22.1. The average Bonchev–Trinajstić information content (AvgIpc) is 2.53. The van der Waals surface area contributed by atoms with Gasteiger partial charge in [-0.3, -0.25) is 0 Å². The molecule has 6 nitrogen and oxygen atoms in total. The molecule has 2 rings (SSSR count). The highest BCUT2D eigenvalue weighted by Gasteiger charge is 2.33. The van der Waals surface area contributed by atoms with Crippen molar-refractivity contribution in [1.29, 1.82) is 0 Å². The standard InChI is InChI=1S/C15H22O6/c1-10-13(21-15(18-2)12(17)8-16)9-19-14(20-10)11-6-4-3-5-7-11/h3-7,10,12-17H,8-9H2,1-2H3/t10-,12-,13?,14?,15-/m0/s1. The van der Waals surface area contributed by atoms with E-state index in [1.54, 1.807) is 0 Å². The lowest BCUT2D eigenvalue weighted by atomic mass is 10.1. The van der Waals surface area contributed by atoms with Gasteiger partial charge in [0.25, 0.3) is 0 Å². The molecule has 0 aromatic heterocycles. The minimum absolute atomic E-state index is 0.229. The monoisotopic (exact) mass is 298 g/mol. The Morgan fingerprint density at radius 3 is 2.62 bits per heavy atom. The highest BCUT2D eigenvalue weighted by molar-refractivity contribution is 5.16. The summed E-state index contributed by atoms with van der Waals surface area (Å²) in [4.78, 5) is 0. The van der Waals surface area contributed by atoms with Crippen LogP contribution in [0.15, 0.2) is 30.3 Å². The molecule has 6 heteroatoms. The number of methoxy groups -OCH3 is 1. The summed E-state index contributed by atoms with van der Waals surface area (Å²) >= 11 is 0. The predicted octanol–water partition coefficient (Wildman–Crippen LogP) is 0.831. The molecule has 0 saturated carbocycles. The van der Waals surface area contributed by atoms with Crippen molar-refractivity contribution in [2.45, 2.75) is 37.8 Å². The number of ether oxygens (including phenoxy) is 4. The Hall–Kier alpha value is -1.02. The highest BCUT2D eigenvalue weighted by atomic mass is 16.7. The summed E-state index contributed by atoms with van der Waals surface area (Å²) in [6.07, 6.45) is -3.05. The summed E-state index contributed by atoms with van der Waals surface area (Å²) in [7, 11) is 1.41. The highest BCUT2D eigenvalue weighted by Crippen LogP contribution is 2.28. The van der Waals surface area contributed by atoms with E-state index in [0.717, 1.165) is 5.56 Å². The summed E-state index contributed by atoms with van der Waals surface area (Å²) in [5.74, 6) is 0. The van der Waals surface area contributed by atoms with Gasteiger partial charge in [-0.15, -0.1) is 0 Å². The molecule has 1 aliphatic rings. The van der Waals surface area contributed by atoms with Gasteiger partial charge in [-0.1, -0.05) is 30.3 Å².